The van der Waals surface area contributed by atoms with Crippen molar-refractivity contribution in [2.45, 2.75) is 25.7 Å². The predicted octanol–water partition coefficient (Wildman–Crippen LogP) is 1.51. The minimum atomic E-state index is 1.00. The fraction of sp³-hybridized carbons (Fsp3) is 1.00. The number of nitrogens with zero attached hydrogens (tertiary/aromatic N) is 1. The van der Waals surface area contributed by atoms with Gasteiger partial charge in [0.2, 0.25) is 0 Å². The standard InChI is InChI=1S/C6H13N.C3H6O/c1-7-5-3-2-4-6-7;1-2-4-3-1/h2-6H2,1H3;1-3H2. The van der Waals surface area contributed by atoms with Crippen LogP contribution in [0.3, 0.4) is 0 Å². The molecule has 0 N–H and O–H groups in total. The summed E-state index contributed by atoms with van der Waals surface area (Å²) in [5.74, 6) is 0. The topological polar surface area (TPSA) is 12.5 Å². The second-order valence-corrected chi connectivity index (χ2v) is 3.33. The summed E-state index contributed by atoms with van der Waals surface area (Å²) in [6, 6.07) is 0. The van der Waals surface area contributed by atoms with Gasteiger partial charge in [-0.2, -0.15) is 0 Å². The van der Waals surface area contributed by atoms with E-state index in [-0.39, 0.29) is 0 Å². The Morgan fingerprint density at radius 1 is 0.909 bits per heavy atom. The van der Waals surface area contributed by atoms with Crippen molar-refractivity contribution in [3.8, 4) is 0 Å². The van der Waals surface area contributed by atoms with Gasteiger partial charge in [0.1, 0.15) is 0 Å². The summed E-state index contributed by atoms with van der Waals surface area (Å²) in [6.45, 7) is 4.64. The second kappa shape index (κ2) is 5.56. The Balaban J connectivity index is 0.000000128. The Morgan fingerprint density at radius 2 is 1.36 bits per heavy atom. The Bertz CT molecular complexity index is 81.6. The molecule has 2 saturated heterocycles. The molecule has 0 aromatic heterocycles. The van der Waals surface area contributed by atoms with Crippen molar-refractivity contribution in [1.82, 2.24) is 4.90 Å². The summed E-state index contributed by atoms with van der Waals surface area (Å²) in [5, 5.41) is 0. The minimum absolute atomic E-state index is 1.00. The van der Waals surface area contributed by atoms with Crippen LogP contribution in [-0.2, 0) is 4.74 Å². The molecule has 0 aromatic rings. The smallest absolute Gasteiger partial charge is 0.0488 e. The maximum Gasteiger partial charge on any atom is 0.0488 e. The van der Waals surface area contributed by atoms with Crippen LogP contribution < -0.4 is 0 Å². The molecule has 2 heterocycles. The first-order chi connectivity index (χ1) is 5.39. The van der Waals surface area contributed by atoms with Crippen molar-refractivity contribution in [1.29, 1.82) is 0 Å². The molecule has 0 atom stereocenters. The highest BCUT2D eigenvalue weighted by atomic mass is 16.5. The maximum absolute atomic E-state index is 4.72. The lowest BCUT2D eigenvalue weighted by Gasteiger charge is -2.20. The molecular weight excluding hydrogens is 138 g/mol. The van der Waals surface area contributed by atoms with Crippen molar-refractivity contribution in [3.63, 3.8) is 0 Å². The highest BCUT2D eigenvalue weighted by Gasteiger charge is 2.02. The SMILES string of the molecule is C1COC1.CN1CCCCC1. The van der Waals surface area contributed by atoms with Crippen LogP contribution in [0.15, 0.2) is 0 Å². The first-order valence-corrected chi connectivity index (χ1v) is 4.66. The predicted molar refractivity (Wildman–Crippen MR) is 46.8 cm³/mol. The van der Waals surface area contributed by atoms with Gasteiger partial charge in [0.05, 0.1) is 0 Å². The minimum Gasteiger partial charge on any atom is -0.381 e. The molecule has 2 rings (SSSR count). The largest absolute Gasteiger partial charge is 0.381 e. The van der Waals surface area contributed by atoms with E-state index in [1.165, 1.54) is 38.8 Å². The van der Waals surface area contributed by atoms with Gasteiger partial charge in [-0.3, -0.25) is 0 Å². The lowest BCUT2D eigenvalue weighted by atomic mass is 10.1. The molecule has 2 nitrogen and oxygen atoms in total. The lowest BCUT2D eigenvalue weighted by molar-refractivity contribution is 0.0367. The number of likely N-dealkylation sites (tertiary alicyclic amines) is 1. The van der Waals surface area contributed by atoms with Gasteiger partial charge < -0.3 is 9.64 Å². The normalized spacial score (nSPS) is 24.8. The van der Waals surface area contributed by atoms with E-state index in [1.807, 2.05) is 0 Å². The second-order valence-electron chi connectivity index (χ2n) is 3.33. The summed E-state index contributed by atoms with van der Waals surface area (Å²) >= 11 is 0. The van der Waals surface area contributed by atoms with Crippen LogP contribution in [0.5, 0.6) is 0 Å². The number of hydrogen-bond donors (Lipinski definition) is 0. The molecule has 66 valence electrons. The molecule has 0 bridgehead atoms. The highest BCUT2D eigenvalue weighted by molar-refractivity contribution is 4.58. The van der Waals surface area contributed by atoms with E-state index in [0.29, 0.717) is 0 Å². The van der Waals surface area contributed by atoms with Gasteiger partial charge in [0.25, 0.3) is 0 Å². The van der Waals surface area contributed by atoms with Gasteiger partial charge in [0.15, 0.2) is 0 Å². The zero-order valence-corrected chi connectivity index (χ0v) is 7.51. The third-order valence-electron chi connectivity index (χ3n) is 2.16. The molecule has 0 aliphatic carbocycles. The van der Waals surface area contributed by atoms with Crippen LogP contribution in [0.1, 0.15) is 25.7 Å². The van der Waals surface area contributed by atoms with Crippen LogP contribution >= 0.6 is 0 Å². The molecule has 0 amide bonds. The van der Waals surface area contributed by atoms with Crippen molar-refractivity contribution in [3.05, 3.63) is 0 Å². The van der Waals surface area contributed by atoms with Crippen LogP contribution in [0, 0.1) is 0 Å². The van der Waals surface area contributed by atoms with Crippen molar-refractivity contribution in [2.24, 2.45) is 0 Å². The van der Waals surface area contributed by atoms with Crippen molar-refractivity contribution in [2.75, 3.05) is 33.4 Å². The van der Waals surface area contributed by atoms with Gasteiger partial charge in [-0.05, 0) is 39.4 Å². The van der Waals surface area contributed by atoms with Gasteiger partial charge in [-0.25, -0.2) is 0 Å². The maximum atomic E-state index is 4.72. The van der Waals surface area contributed by atoms with Crippen LogP contribution in [0.2, 0.25) is 0 Å². The highest BCUT2D eigenvalue weighted by Crippen LogP contribution is 2.04. The van der Waals surface area contributed by atoms with Crippen molar-refractivity contribution >= 4 is 0 Å². The van der Waals surface area contributed by atoms with E-state index in [4.69, 9.17) is 4.74 Å². The molecule has 0 spiro atoms. The quantitative estimate of drug-likeness (QED) is 0.528. The zero-order chi connectivity index (χ0) is 7.94. The zero-order valence-electron chi connectivity index (χ0n) is 7.51. The molecular formula is C9H19NO. The Kier molecular flexibility index (Phi) is 4.55. The van der Waals surface area contributed by atoms with Gasteiger partial charge in [0, 0.05) is 13.2 Å². The van der Waals surface area contributed by atoms with Crippen LogP contribution in [-0.4, -0.2) is 38.3 Å². The Labute approximate surface area is 69.5 Å². The third-order valence-corrected chi connectivity index (χ3v) is 2.16. The van der Waals surface area contributed by atoms with Gasteiger partial charge in [-0.15, -0.1) is 0 Å². The molecule has 2 aliphatic heterocycles. The van der Waals surface area contributed by atoms with E-state index in [0.717, 1.165) is 13.2 Å². The number of rotatable bonds is 0. The van der Waals surface area contributed by atoms with Crippen LogP contribution in [0.4, 0.5) is 0 Å². The monoisotopic (exact) mass is 157 g/mol. The lowest BCUT2D eigenvalue weighted by Crippen LogP contribution is -2.24. The molecule has 0 unspecified atom stereocenters. The van der Waals surface area contributed by atoms with Gasteiger partial charge >= 0.3 is 0 Å². The fourth-order valence-corrected chi connectivity index (χ4v) is 1.20. The van der Waals surface area contributed by atoms with E-state index in [2.05, 4.69) is 11.9 Å². The Morgan fingerprint density at radius 3 is 1.55 bits per heavy atom. The Hall–Kier alpha value is -0.0800. The summed E-state index contributed by atoms with van der Waals surface area (Å²) in [7, 11) is 2.19. The number of hydrogen-bond acceptors (Lipinski definition) is 2. The first kappa shape index (κ1) is 9.01. The molecule has 0 aromatic carbocycles. The average molecular weight is 157 g/mol. The number of ether oxygens (including phenoxy) is 1. The summed E-state index contributed by atoms with van der Waals surface area (Å²) in [6.07, 6.45) is 5.55. The van der Waals surface area contributed by atoms with E-state index in [9.17, 15) is 0 Å². The van der Waals surface area contributed by atoms with Gasteiger partial charge in [-0.1, -0.05) is 6.42 Å². The fourth-order valence-electron chi connectivity index (χ4n) is 1.20. The molecule has 2 fully saturated rings. The summed E-state index contributed by atoms with van der Waals surface area (Å²) in [4.78, 5) is 2.39. The van der Waals surface area contributed by atoms with E-state index < -0.39 is 0 Å². The van der Waals surface area contributed by atoms with Crippen LogP contribution in [0.25, 0.3) is 0 Å². The third kappa shape index (κ3) is 4.38. The first-order valence-electron chi connectivity index (χ1n) is 4.66. The number of piperidine rings is 1. The summed E-state index contributed by atoms with van der Waals surface area (Å²) < 4.78 is 4.72. The van der Waals surface area contributed by atoms with E-state index >= 15 is 0 Å². The molecule has 2 heteroatoms. The average Bonchev–Trinajstić information content (AvgIpc) is 1.85. The van der Waals surface area contributed by atoms with Crippen molar-refractivity contribution < 1.29 is 4.74 Å². The molecule has 0 radical (unpaired) electrons. The molecule has 11 heavy (non-hydrogen) atoms. The summed E-state index contributed by atoms with van der Waals surface area (Å²) in [5.41, 5.74) is 0. The molecule has 0 saturated carbocycles. The van der Waals surface area contributed by atoms with E-state index in [1.54, 1.807) is 0 Å². The molecule has 2 aliphatic rings.